The topological polar surface area (TPSA) is 110 Å². The van der Waals surface area contributed by atoms with Gasteiger partial charge in [0.15, 0.2) is 0 Å². The molecule has 0 spiro atoms. The number of carboxylic acid groups (broad SMARTS) is 1. The van der Waals surface area contributed by atoms with Crippen molar-refractivity contribution in [2.75, 3.05) is 5.32 Å². The van der Waals surface area contributed by atoms with E-state index in [0.29, 0.717) is 0 Å². The zero-order chi connectivity index (χ0) is 13.4. The van der Waals surface area contributed by atoms with Gasteiger partial charge in [-0.15, -0.1) is 0 Å². The highest BCUT2D eigenvalue weighted by Gasteiger charge is 2.38. The smallest absolute Gasteiger partial charge is 0.333 e. The summed E-state index contributed by atoms with van der Waals surface area (Å²) in [7, 11) is 1.55. The van der Waals surface area contributed by atoms with Gasteiger partial charge in [-0.05, 0) is 25.7 Å². The van der Waals surface area contributed by atoms with Crippen LogP contribution in [0.25, 0.3) is 0 Å². The summed E-state index contributed by atoms with van der Waals surface area (Å²) in [5.74, 6) is -0.806. The predicted octanol–water partition coefficient (Wildman–Crippen LogP) is 0.912. The molecule has 0 saturated heterocycles. The Hall–Kier alpha value is -2.12. The van der Waals surface area contributed by atoms with Gasteiger partial charge in [-0.3, -0.25) is 10.1 Å². The normalized spacial score (nSPS) is 16.3. The second-order valence-corrected chi connectivity index (χ2v) is 4.46. The monoisotopic (exact) mass is 254 g/mol. The Bertz CT molecular complexity index is 506. The number of aliphatic carboxylic acids is 1. The van der Waals surface area contributed by atoms with Crippen LogP contribution in [0.15, 0.2) is 0 Å². The van der Waals surface area contributed by atoms with Gasteiger partial charge in [0.05, 0.1) is 4.92 Å². The summed E-state index contributed by atoms with van der Waals surface area (Å²) in [5, 5.41) is 26.8. The Morgan fingerprint density at radius 1 is 1.67 bits per heavy atom. The molecule has 18 heavy (non-hydrogen) atoms. The second kappa shape index (κ2) is 4.28. The number of anilines is 1. The van der Waals surface area contributed by atoms with E-state index >= 15 is 0 Å². The fraction of sp³-hybridized carbons (Fsp3) is 0.600. The van der Waals surface area contributed by atoms with Crippen molar-refractivity contribution in [3.8, 4) is 0 Å². The third-order valence-corrected chi connectivity index (χ3v) is 3.02. The molecule has 1 heterocycles. The number of nitrogens with zero attached hydrogens (tertiary/aromatic N) is 3. The van der Waals surface area contributed by atoms with Gasteiger partial charge in [-0.25, -0.2) is 9.48 Å². The molecular weight excluding hydrogens is 240 g/mol. The lowest BCUT2D eigenvalue weighted by molar-refractivity contribution is -0.384. The van der Waals surface area contributed by atoms with Crippen LogP contribution in [-0.2, 0) is 11.8 Å². The van der Waals surface area contributed by atoms with Crippen LogP contribution in [0.1, 0.15) is 18.5 Å². The lowest BCUT2D eigenvalue weighted by Crippen LogP contribution is -2.32. The number of carbonyl (C=O) groups is 1. The molecule has 0 aromatic carbocycles. The lowest BCUT2D eigenvalue weighted by atomic mass is 10.2. The molecule has 8 heteroatoms. The van der Waals surface area contributed by atoms with Gasteiger partial charge in [-0.2, -0.15) is 5.10 Å². The molecule has 0 bridgehead atoms. The molecule has 1 fully saturated rings. The molecule has 1 aliphatic carbocycles. The lowest BCUT2D eigenvalue weighted by Gasteiger charge is -2.14. The molecule has 1 unspecified atom stereocenters. The highest BCUT2D eigenvalue weighted by Crippen LogP contribution is 2.36. The molecule has 1 atom stereocenters. The highest BCUT2D eigenvalue weighted by atomic mass is 16.6. The fourth-order valence-corrected chi connectivity index (χ4v) is 1.99. The molecule has 98 valence electrons. The largest absolute Gasteiger partial charge is 0.480 e. The number of carboxylic acids is 1. The van der Waals surface area contributed by atoms with Gasteiger partial charge < -0.3 is 10.4 Å². The summed E-state index contributed by atoms with van der Waals surface area (Å²) in [4.78, 5) is 21.5. The standard InChI is InChI=1S/C10H14N4O4/c1-5-8(14(17)18)9(13(2)12-5)11-7(10(15)16)6-3-4-6/h6-7,11H,3-4H2,1-2H3,(H,15,16). The summed E-state index contributed by atoms with van der Waals surface area (Å²) >= 11 is 0. The minimum atomic E-state index is -0.995. The zero-order valence-electron chi connectivity index (χ0n) is 10.1. The van der Waals surface area contributed by atoms with Crippen molar-refractivity contribution in [2.24, 2.45) is 13.0 Å². The van der Waals surface area contributed by atoms with Crippen molar-refractivity contribution in [2.45, 2.75) is 25.8 Å². The number of rotatable bonds is 5. The molecule has 8 nitrogen and oxygen atoms in total. The molecule has 0 radical (unpaired) electrons. The molecule has 0 amide bonds. The van der Waals surface area contributed by atoms with Crippen molar-refractivity contribution in [3.05, 3.63) is 15.8 Å². The first-order chi connectivity index (χ1) is 8.41. The molecule has 2 N–H and O–H groups in total. The number of nitro groups is 1. The van der Waals surface area contributed by atoms with Gasteiger partial charge >= 0.3 is 11.7 Å². The Kier molecular flexibility index (Phi) is 2.93. The summed E-state index contributed by atoms with van der Waals surface area (Å²) in [6, 6.07) is -0.793. The van der Waals surface area contributed by atoms with E-state index in [4.69, 9.17) is 5.11 Å². The molecular formula is C10H14N4O4. The first-order valence-electron chi connectivity index (χ1n) is 5.59. The maximum absolute atomic E-state index is 11.1. The minimum Gasteiger partial charge on any atom is -0.480 e. The Balaban J connectivity index is 2.32. The summed E-state index contributed by atoms with van der Waals surface area (Å²) in [6.07, 6.45) is 1.66. The van der Waals surface area contributed by atoms with Crippen LogP contribution in [0.3, 0.4) is 0 Å². The molecule has 1 aromatic heterocycles. The van der Waals surface area contributed by atoms with E-state index < -0.39 is 16.9 Å². The van der Waals surface area contributed by atoms with Crippen molar-refractivity contribution >= 4 is 17.5 Å². The van der Waals surface area contributed by atoms with Crippen LogP contribution >= 0.6 is 0 Å². The average Bonchev–Trinajstić information content (AvgIpc) is 3.01. The SMILES string of the molecule is Cc1nn(C)c(NC(C(=O)O)C2CC2)c1[N+](=O)[O-]. The summed E-state index contributed by atoms with van der Waals surface area (Å²) < 4.78 is 1.31. The molecule has 1 aromatic rings. The molecule has 1 aliphatic rings. The van der Waals surface area contributed by atoms with Crippen molar-refractivity contribution < 1.29 is 14.8 Å². The van der Waals surface area contributed by atoms with E-state index in [1.54, 1.807) is 7.05 Å². The van der Waals surface area contributed by atoms with E-state index in [1.165, 1.54) is 11.6 Å². The fourth-order valence-electron chi connectivity index (χ4n) is 1.99. The number of hydrogen-bond acceptors (Lipinski definition) is 5. The van der Waals surface area contributed by atoms with E-state index in [1.807, 2.05) is 0 Å². The summed E-state index contributed by atoms with van der Waals surface area (Å²) in [6.45, 7) is 1.52. The van der Waals surface area contributed by atoms with Gasteiger partial charge in [0, 0.05) is 7.05 Å². The number of nitrogens with one attached hydrogen (secondary N) is 1. The van der Waals surface area contributed by atoms with E-state index in [9.17, 15) is 14.9 Å². The second-order valence-electron chi connectivity index (χ2n) is 4.46. The number of hydrogen-bond donors (Lipinski definition) is 2. The van der Waals surface area contributed by atoms with Gasteiger partial charge in [0.1, 0.15) is 11.7 Å². The summed E-state index contributed by atoms with van der Waals surface area (Å²) in [5.41, 5.74) is 0.106. The quantitative estimate of drug-likeness (QED) is 0.597. The Morgan fingerprint density at radius 2 is 2.28 bits per heavy atom. The van der Waals surface area contributed by atoms with E-state index in [2.05, 4.69) is 10.4 Å². The number of aromatic nitrogens is 2. The Morgan fingerprint density at radius 3 is 2.72 bits per heavy atom. The third-order valence-electron chi connectivity index (χ3n) is 3.02. The van der Waals surface area contributed by atoms with Gasteiger partial charge in [-0.1, -0.05) is 0 Å². The van der Waals surface area contributed by atoms with Gasteiger partial charge in [0.2, 0.25) is 5.82 Å². The highest BCUT2D eigenvalue weighted by molar-refractivity contribution is 5.79. The zero-order valence-corrected chi connectivity index (χ0v) is 10.1. The first-order valence-corrected chi connectivity index (χ1v) is 5.59. The van der Waals surface area contributed by atoms with E-state index in [0.717, 1.165) is 12.8 Å². The molecule has 1 saturated carbocycles. The molecule has 2 rings (SSSR count). The van der Waals surface area contributed by atoms with Crippen LogP contribution < -0.4 is 5.32 Å². The maximum atomic E-state index is 11.1. The Labute approximate surface area is 103 Å². The van der Waals surface area contributed by atoms with Crippen molar-refractivity contribution in [1.82, 2.24) is 9.78 Å². The maximum Gasteiger partial charge on any atom is 0.333 e. The van der Waals surface area contributed by atoms with Crippen molar-refractivity contribution in [1.29, 1.82) is 0 Å². The van der Waals surface area contributed by atoms with E-state index in [-0.39, 0.29) is 23.1 Å². The van der Waals surface area contributed by atoms with Crippen LogP contribution in [0, 0.1) is 23.0 Å². The van der Waals surface area contributed by atoms with Crippen LogP contribution in [0.4, 0.5) is 11.5 Å². The van der Waals surface area contributed by atoms with Crippen LogP contribution in [0.5, 0.6) is 0 Å². The van der Waals surface area contributed by atoms with Crippen molar-refractivity contribution in [3.63, 3.8) is 0 Å². The first kappa shape index (κ1) is 12.3. The minimum absolute atomic E-state index is 0.0392. The number of aryl methyl sites for hydroxylation is 2. The van der Waals surface area contributed by atoms with Crippen LogP contribution in [-0.4, -0.2) is 31.8 Å². The third kappa shape index (κ3) is 2.13. The van der Waals surface area contributed by atoms with Crippen LogP contribution in [0.2, 0.25) is 0 Å². The molecule has 0 aliphatic heterocycles. The van der Waals surface area contributed by atoms with Gasteiger partial charge in [0.25, 0.3) is 0 Å². The predicted molar refractivity (Wildman–Crippen MR) is 62.4 cm³/mol. The average molecular weight is 254 g/mol.